The minimum atomic E-state index is -3.60. The van der Waals surface area contributed by atoms with Gasteiger partial charge in [-0.15, -0.1) is 0 Å². The van der Waals surface area contributed by atoms with Gasteiger partial charge in [-0.25, -0.2) is 13.2 Å². The van der Waals surface area contributed by atoms with Crippen molar-refractivity contribution in [3.8, 4) is 0 Å². The molecule has 17 heavy (non-hydrogen) atoms. The molecule has 0 spiro atoms. The van der Waals surface area contributed by atoms with Gasteiger partial charge in [0.15, 0.2) is 0 Å². The van der Waals surface area contributed by atoms with Gasteiger partial charge < -0.3 is 5.11 Å². The minimum Gasteiger partial charge on any atom is -0.478 e. The van der Waals surface area contributed by atoms with Crippen molar-refractivity contribution in [3.05, 3.63) is 28.8 Å². The van der Waals surface area contributed by atoms with Crippen LogP contribution in [0.25, 0.3) is 0 Å². The van der Waals surface area contributed by atoms with Crippen LogP contribution in [-0.2, 0) is 10.0 Å². The summed E-state index contributed by atoms with van der Waals surface area (Å²) in [7, 11) is -3.60. The molecule has 1 aromatic rings. The van der Waals surface area contributed by atoms with E-state index in [2.05, 4.69) is 4.72 Å². The topological polar surface area (TPSA) is 83.5 Å². The molecule has 5 nitrogen and oxygen atoms in total. The third kappa shape index (κ3) is 3.10. The van der Waals surface area contributed by atoms with Crippen molar-refractivity contribution in [2.75, 3.05) is 4.72 Å². The van der Waals surface area contributed by atoms with E-state index >= 15 is 0 Å². The van der Waals surface area contributed by atoms with Crippen molar-refractivity contribution >= 4 is 33.3 Å². The quantitative estimate of drug-likeness (QED) is 0.884. The predicted molar refractivity (Wildman–Crippen MR) is 66.1 cm³/mol. The van der Waals surface area contributed by atoms with Crippen molar-refractivity contribution in [3.63, 3.8) is 0 Å². The van der Waals surface area contributed by atoms with Crippen LogP contribution in [0.5, 0.6) is 0 Å². The van der Waals surface area contributed by atoms with Crippen LogP contribution in [0.15, 0.2) is 18.2 Å². The number of rotatable bonds is 4. The smallest absolute Gasteiger partial charge is 0.339 e. The van der Waals surface area contributed by atoms with Gasteiger partial charge >= 0.3 is 5.97 Å². The third-order valence-corrected chi connectivity index (χ3v) is 4.16. The van der Waals surface area contributed by atoms with Crippen molar-refractivity contribution in [1.29, 1.82) is 0 Å². The first-order chi connectivity index (χ1) is 7.75. The van der Waals surface area contributed by atoms with Gasteiger partial charge in [0.05, 0.1) is 16.0 Å². The fraction of sp³-hybridized carbons (Fsp3) is 0.300. The maximum Gasteiger partial charge on any atom is 0.339 e. The molecule has 2 N–H and O–H groups in total. The molecular formula is C10H12ClNO4S. The van der Waals surface area contributed by atoms with Crippen LogP contribution < -0.4 is 4.72 Å². The van der Waals surface area contributed by atoms with Crippen molar-refractivity contribution in [2.24, 2.45) is 0 Å². The van der Waals surface area contributed by atoms with Crippen LogP contribution in [0.2, 0.25) is 5.02 Å². The Balaban J connectivity index is 3.25. The highest BCUT2D eigenvalue weighted by atomic mass is 35.5. The molecule has 0 aliphatic heterocycles. The molecule has 0 heterocycles. The molecule has 0 aliphatic carbocycles. The first kappa shape index (κ1) is 13.8. The summed E-state index contributed by atoms with van der Waals surface area (Å²) in [6.45, 7) is 2.99. The fourth-order valence-electron chi connectivity index (χ4n) is 1.10. The summed E-state index contributed by atoms with van der Waals surface area (Å²) < 4.78 is 25.5. The van der Waals surface area contributed by atoms with Gasteiger partial charge in [0.2, 0.25) is 10.0 Å². The maximum absolute atomic E-state index is 11.6. The number of aromatic carboxylic acids is 1. The standard InChI is InChI=1S/C10H12ClNO4S/c1-6(2)17(15,16)12-8-5-3-4-7(11)9(8)10(13)14/h3-6,12H,1-2H3,(H,13,14). The Labute approximate surface area is 104 Å². The number of hydrogen-bond acceptors (Lipinski definition) is 3. The molecule has 0 radical (unpaired) electrons. The second-order valence-electron chi connectivity index (χ2n) is 3.66. The Morgan fingerprint density at radius 2 is 2.00 bits per heavy atom. The molecular weight excluding hydrogens is 266 g/mol. The maximum atomic E-state index is 11.6. The van der Waals surface area contributed by atoms with E-state index in [9.17, 15) is 13.2 Å². The average molecular weight is 278 g/mol. The van der Waals surface area contributed by atoms with Crippen LogP contribution in [0.4, 0.5) is 5.69 Å². The first-order valence-corrected chi connectivity index (χ1v) is 6.71. The van der Waals surface area contributed by atoms with E-state index < -0.39 is 21.2 Å². The van der Waals surface area contributed by atoms with Gasteiger partial charge in [-0.1, -0.05) is 17.7 Å². The number of hydrogen-bond donors (Lipinski definition) is 2. The predicted octanol–water partition coefficient (Wildman–Crippen LogP) is 2.19. The lowest BCUT2D eigenvalue weighted by atomic mass is 10.2. The zero-order valence-electron chi connectivity index (χ0n) is 9.27. The number of anilines is 1. The van der Waals surface area contributed by atoms with E-state index in [4.69, 9.17) is 16.7 Å². The molecule has 1 rings (SSSR count). The molecule has 7 heteroatoms. The van der Waals surface area contributed by atoms with Crippen molar-refractivity contribution in [1.82, 2.24) is 0 Å². The largest absolute Gasteiger partial charge is 0.478 e. The Morgan fingerprint density at radius 3 is 2.47 bits per heavy atom. The van der Waals surface area contributed by atoms with Crippen molar-refractivity contribution < 1.29 is 18.3 Å². The molecule has 0 amide bonds. The van der Waals surface area contributed by atoms with Gasteiger partial charge in [0, 0.05) is 0 Å². The fourth-order valence-corrected chi connectivity index (χ4v) is 2.07. The molecule has 0 aliphatic rings. The zero-order chi connectivity index (χ0) is 13.2. The third-order valence-electron chi connectivity index (χ3n) is 2.10. The number of carbonyl (C=O) groups is 1. The zero-order valence-corrected chi connectivity index (χ0v) is 10.8. The molecule has 0 fully saturated rings. The van der Waals surface area contributed by atoms with Crippen molar-refractivity contribution in [2.45, 2.75) is 19.1 Å². The summed E-state index contributed by atoms with van der Waals surface area (Å²) in [4.78, 5) is 11.0. The Kier molecular flexibility index (Phi) is 4.00. The lowest BCUT2D eigenvalue weighted by Crippen LogP contribution is -2.23. The summed E-state index contributed by atoms with van der Waals surface area (Å²) >= 11 is 5.72. The average Bonchev–Trinajstić information content (AvgIpc) is 2.15. The van der Waals surface area contributed by atoms with E-state index in [1.54, 1.807) is 0 Å². The van der Waals surface area contributed by atoms with Gasteiger partial charge in [0.25, 0.3) is 0 Å². The number of carboxylic acid groups (broad SMARTS) is 1. The molecule has 0 unspecified atom stereocenters. The molecule has 0 saturated carbocycles. The van der Waals surface area contributed by atoms with E-state index in [0.717, 1.165) is 0 Å². The molecule has 1 aromatic carbocycles. The normalized spacial score (nSPS) is 11.5. The van der Waals surface area contributed by atoms with E-state index in [1.165, 1.54) is 32.0 Å². The lowest BCUT2D eigenvalue weighted by Gasteiger charge is -2.13. The summed E-state index contributed by atoms with van der Waals surface area (Å²) in [5, 5.41) is 8.29. The minimum absolute atomic E-state index is 0.0125. The van der Waals surface area contributed by atoms with Crippen LogP contribution in [0.1, 0.15) is 24.2 Å². The van der Waals surface area contributed by atoms with Gasteiger partial charge in [0.1, 0.15) is 5.56 Å². The lowest BCUT2D eigenvalue weighted by molar-refractivity contribution is 0.0698. The van der Waals surface area contributed by atoms with Crippen LogP contribution >= 0.6 is 11.6 Å². The summed E-state index contributed by atoms with van der Waals surface area (Å²) in [5.41, 5.74) is -0.280. The SMILES string of the molecule is CC(C)S(=O)(=O)Nc1cccc(Cl)c1C(=O)O. The number of halogens is 1. The van der Waals surface area contributed by atoms with Gasteiger partial charge in [-0.2, -0.15) is 0 Å². The van der Waals surface area contributed by atoms with Crippen LogP contribution in [0, 0.1) is 0 Å². The van der Waals surface area contributed by atoms with Gasteiger partial charge in [-0.05, 0) is 26.0 Å². The highest BCUT2D eigenvalue weighted by Crippen LogP contribution is 2.25. The number of sulfonamides is 1. The molecule has 0 aromatic heterocycles. The van der Waals surface area contributed by atoms with E-state index in [1.807, 2.05) is 0 Å². The monoisotopic (exact) mass is 277 g/mol. The number of benzene rings is 1. The number of carboxylic acids is 1. The van der Waals surface area contributed by atoms with Crippen LogP contribution in [-0.4, -0.2) is 24.7 Å². The number of nitrogens with one attached hydrogen (secondary N) is 1. The summed E-state index contributed by atoms with van der Waals surface area (Å²) in [6, 6.07) is 4.22. The second-order valence-corrected chi connectivity index (χ2v) is 6.31. The Morgan fingerprint density at radius 1 is 1.41 bits per heavy atom. The van der Waals surface area contributed by atoms with Crippen LogP contribution in [0.3, 0.4) is 0 Å². The first-order valence-electron chi connectivity index (χ1n) is 4.79. The highest BCUT2D eigenvalue weighted by molar-refractivity contribution is 7.93. The van der Waals surface area contributed by atoms with Gasteiger partial charge in [-0.3, -0.25) is 4.72 Å². The molecule has 94 valence electrons. The highest BCUT2D eigenvalue weighted by Gasteiger charge is 2.21. The second kappa shape index (κ2) is 4.93. The Hall–Kier alpha value is -1.27. The molecule has 0 bridgehead atoms. The van der Waals surface area contributed by atoms with E-state index in [0.29, 0.717) is 0 Å². The Bertz CT molecular complexity index is 539. The summed E-state index contributed by atoms with van der Waals surface area (Å²) in [5.74, 6) is -1.28. The molecule has 0 atom stereocenters. The molecule has 0 saturated heterocycles. The summed E-state index contributed by atoms with van der Waals surface area (Å²) in [6.07, 6.45) is 0. The van der Waals surface area contributed by atoms with E-state index in [-0.39, 0.29) is 16.3 Å².